The summed E-state index contributed by atoms with van der Waals surface area (Å²) in [7, 11) is 1.74. The average molecular weight is 267 g/mol. The van der Waals surface area contributed by atoms with Crippen LogP contribution in [0.25, 0.3) is 0 Å². The van der Waals surface area contributed by atoms with Gasteiger partial charge in [0.25, 0.3) is 5.91 Å². The van der Waals surface area contributed by atoms with E-state index in [1.807, 2.05) is 0 Å². The van der Waals surface area contributed by atoms with E-state index in [0.717, 1.165) is 32.5 Å². The number of rotatable bonds is 4. The molecule has 19 heavy (non-hydrogen) atoms. The number of imidazole rings is 1. The topological polar surface area (TPSA) is 96.4 Å². The van der Waals surface area contributed by atoms with Crippen LogP contribution in [-0.4, -0.2) is 57.7 Å². The summed E-state index contributed by atoms with van der Waals surface area (Å²) in [4.78, 5) is 18.1. The Labute approximate surface area is 112 Å². The molecule has 0 aliphatic carbocycles. The third-order valence-corrected chi connectivity index (χ3v) is 3.37. The molecule has 0 unspecified atom stereocenters. The van der Waals surface area contributed by atoms with Crippen LogP contribution in [-0.2, 0) is 7.05 Å². The minimum Gasteiger partial charge on any atom is -0.393 e. The first kappa shape index (κ1) is 13.8. The number of nitrogen functional groups attached to an aromatic ring is 1. The van der Waals surface area contributed by atoms with Gasteiger partial charge in [-0.25, -0.2) is 4.98 Å². The largest absolute Gasteiger partial charge is 0.393 e. The second-order valence-corrected chi connectivity index (χ2v) is 4.93. The van der Waals surface area contributed by atoms with Crippen molar-refractivity contribution in [1.29, 1.82) is 0 Å². The van der Waals surface area contributed by atoms with Gasteiger partial charge in [-0.2, -0.15) is 0 Å². The quantitative estimate of drug-likeness (QED) is 0.663. The standard InChI is InChI=1S/C12H21N5O2/c1-16-8-10(13)15-11(16)12(19)14-4-7-17-5-2-9(18)3-6-17/h8-9,18H,2-7,13H2,1H3,(H,14,19). The first-order valence-corrected chi connectivity index (χ1v) is 6.53. The Morgan fingerprint density at radius 3 is 2.84 bits per heavy atom. The first-order valence-electron chi connectivity index (χ1n) is 6.53. The molecule has 2 rings (SSSR count). The van der Waals surface area contributed by atoms with Crippen molar-refractivity contribution < 1.29 is 9.90 Å². The van der Waals surface area contributed by atoms with Crippen molar-refractivity contribution in [3.63, 3.8) is 0 Å². The maximum Gasteiger partial charge on any atom is 0.287 e. The van der Waals surface area contributed by atoms with E-state index < -0.39 is 0 Å². The van der Waals surface area contributed by atoms with Gasteiger partial charge >= 0.3 is 0 Å². The van der Waals surface area contributed by atoms with E-state index in [1.165, 1.54) is 0 Å². The van der Waals surface area contributed by atoms with Gasteiger partial charge in [-0.1, -0.05) is 0 Å². The van der Waals surface area contributed by atoms with E-state index >= 15 is 0 Å². The highest BCUT2D eigenvalue weighted by atomic mass is 16.3. The summed E-state index contributed by atoms with van der Waals surface area (Å²) in [5.74, 6) is 0.459. The number of carbonyl (C=O) groups is 1. The molecule has 1 saturated heterocycles. The molecule has 106 valence electrons. The number of nitrogens with two attached hydrogens (primary N) is 1. The van der Waals surface area contributed by atoms with Crippen LogP contribution in [0.3, 0.4) is 0 Å². The molecule has 1 aromatic rings. The van der Waals surface area contributed by atoms with Crippen molar-refractivity contribution in [2.75, 3.05) is 31.9 Å². The van der Waals surface area contributed by atoms with Crippen molar-refractivity contribution in [1.82, 2.24) is 19.8 Å². The van der Waals surface area contributed by atoms with Gasteiger partial charge in [-0.3, -0.25) is 4.79 Å². The molecule has 4 N–H and O–H groups in total. The molecule has 7 heteroatoms. The summed E-state index contributed by atoms with van der Waals surface area (Å²) in [6.45, 7) is 3.12. The highest BCUT2D eigenvalue weighted by molar-refractivity contribution is 5.91. The maximum atomic E-state index is 11.9. The molecule has 1 amide bonds. The average Bonchev–Trinajstić information content (AvgIpc) is 2.71. The van der Waals surface area contributed by atoms with Gasteiger partial charge in [0.1, 0.15) is 5.82 Å². The number of carbonyl (C=O) groups excluding carboxylic acids is 1. The van der Waals surface area contributed by atoms with Crippen LogP contribution in [0.2, 0.25) is 0 Å². The van der Waals surface area contributed by atoms with Crippen LogP contribution in [0.4, 0.5) is 5.82 Å². The Morgan fingerprint density at radius 2 is 2.26 bits per heavy atom. The van der Waals surface area contributed by atoms with Gasteiger partial charge in [0.15, 0.2) is 0 Å². The lowest BCUT2D eigenvalue weighted by atomic mass is 10.1. The number of aromatic nitrogens is 2. The lowest BCUT2D eigenvalue weighted by molar-refractivity contribution is 0.0801. The van der Waals surface area contributed by atoms with Crippen LogP contribution in [0.1, 0.15) is 23.5 Å². The number of aliphatic hydroxyl groups is 1. The van der Waals surface area contributed by atoms with E-state index in [9.17, 15) is 9.90 Å². The van der Waals surface area contributed by atoms with E-state index in [2.05, 4.69) is 15.2 Å². The second-order valence-electron chi connectivity index (χ2n) is 4.93. The fourth-order valence-electron chi connectivity index (χ4n) is 2.25. The zero-order valence-corrected chi connectivity index (χ0v) is 11.2. The Balaban J connectivity index is 1.74. The number of aryl methyl sites for hydroxylation is 1. The van der Waals surface area contributed by atoms with E-state index in [4.69, 9.17) is 5.73 Å². The number of nitrogens with zero attached hydrogens (tertiary/aromatic N) is 3. The lowest BCUT2D eigenvalue weighted by Gasteiger charge is -2.29. The normalized spacial score (nSPS) is 17.6. The molecule has 0 spiro atoms. The van der Waals surface area contributed by atoms with E-state index in [-0.39, 0.29) is 12.0 Å². The molecule has 0 bridgehead atoms. The molecular formula is C12H21N5O2. The molecule has 1 aliphatic rings. The summed E-state index contributed by atoms with van der Waals surface area (Å²) in [5, 5.41) is 12.2. The van der Waals surface area contributed by atoms with Crippen molar-refractivity contribution in [2.24, 2.45) is 7.05 Å². The second kappa shape index (κ2) is 6.03. The number of piperidine rings is 1. The molecule has 2 heterocycles. The monoisotopic (exact) mass is 267 g/mol. The molecule has 1 aliphatic heterocycles. The number of hydrogen-bond acceptors (Lipinski definition) is 5. The molecule has 1 fully saturated rings. The molecule has 0 atom stereocenters. The van der Waals surface area contributed by atoms with E-state index in [0.29, 0.717) is 18.2 Å². The minimum atomic E-state index is -0.212. The van der Waals surface area contributed by atoms with Crippen LogP contribution >= 0.6 is 0 Å². The Kier molecular flexibility index (Phi) is 4.39. The fraction of sp³-hybridized carbons (Fsp3) is 0.667. The zero-order valence-electron chi connectivity index (χ0n) is 11.2. The van der Waals surface area contributed by atoms with Gasteiger partial charge in [0.2, 0.25) is 5.82 Å². The fourth-order valence-corrected chi connectivity index (χ4v) is 2.25. The smallest absolute Gasteiger partial charge is 0.287 e. The van der Waals surface area contributed by atoms with Crippen LogP contribution in [0.5, 0.6) is 0 Å². The Hall–Kier alpha value is -1.60. The molecule has 7 nitrogen and oxygen atoms in total. The Morgan fingerprint density at radius 1 is 1.58 bits per heavy atom. The highest BCUT2D eigenvalue weighted by Gasteiger charge is 2.17. The highest BCUT2D eigenvalue weighted by Crippen LogP contribution is 2.08. The summed E-state index contributed by atoms with van der Waals surface area (Å²) in [6.07, 6.45) is 3.07. The van der Waals surface area contributed by atoms with Gasteiger partial charge in [-0.05, 0) is 12.8 Å². The maximum absolute atomic E-state index is 11.9. The number of aliphatic hydroxyl groups excluding tert-OH is 1. The number of hydrogen-bond donors (Lipinski definition) is 3. The molecule has 0 aromatic carbocycles. The van der Waals surface area contributed by atoms with Gasteiger partial charge in [0.05, 0.1) is 6.10 Å². The van der Waals surface area contributed by atoms with Gasteiger partial charge in [-0.15, -0.1) is 0 Å². The number of anilines is 1. The predicted molar refractivity (Wildman–Crippen MR) is 71.6 cm³/mol. The first-order chi connectivity index (χ1) is 9.06. The summed E-state index contributed by atoms with van der Waals surface area (Å²) in [5.41, 5.74) is 5.53. The predicted octanol–water partition coefficient (Wildman–Crippen LogP) is -0.811. The minimum absolute atomic E-state index is 0.165. The third-order valence-electron chi connectivity index (χ3n) is 3.37. The van der Waals surface area contributed by atoms with Crippen molar-refractivity contribution >= 4 is 11.7 Å². The molecular weight excluding hydrogens is 246 g/mol. The number of likely N-dealkylation sites (tertiary alicyclic amines) is 1. The van der Waals surface area contributed by atoms with Crippen LogP contribution in [0, 0.1) is 0 Å². The van der Waals surface area contributed by atoms with Gasteiger partial charge < -0.3 is 25.6 Å². The molecule has 0 radical (unpaired) electrons. The van der Waals surface area contributed by atoms with E-state index in [1.54, 1.807) is 17.8 Å². The number of amides is 1. The van der Waals surface area contributed by atoms with Crippen LogP contribution in [0.15, 0.2) is 6.20 Å². The van der Waals surface area contributed by atoms with Crippen LogP contribution < -0.4 is 11.1 Å². The number of nitrogens with one attached hydrogen (secondary N) is 1. The molecule has 0 saturated carbocycles. The molecule has 1 aromatic heterocycles. The van der Waals surface area contributed by atoms with Crippen molar-refractivity contribution in [3.05, 3.63) is 12.0 Å². The zero-order chi connectivity index (χ0) is 13.8. The SMILES string of the molecule is Cn1cc(N)nc1C(=O)NCCN1CCC(O)CC1. The summed E-state index contributed by atoms with van der Waals surface area (Å²) in [6, 6.07) is 0. The summed E-state index contributed by atoms with van der Waals surface area (Å²) < 4.78 is 1.61. The summed E-state index contributed by atoms with van der Waals surface area (Å²) >= 11 is 0. The van der Waals surface area contributed by atoms with Gasteiger partial charge in [0, 0.05) is 39.4 Å². The third kappa shape index (κ3) is 3.68. The Bertz CT molecular complexity index is 437. The lowest BCUT2D eigenvalue weighted by Crippen LogP contribution is -2.41. The van der Waals surface area contributed by atoms with Crippen molar-refractivity contribution in [3.8, 4) is 0 Å². The van der Waals surface area contributed by atoms with Crippen molar-refractivity contribution in [2.45, 2.75) is 18.9 Å².